The molecule has 3 aromatic rings. The molecule has 12 heteroatoms. The number of amides is 1. The number of benzene rings is 3. The van der Waals surface area contributed by atoms with E-state index >= 15 is 0 Å². The molecule has 1 aliphatic heterocycles. The largest absolute Gasteiger partial charge is 0.494 e. The Labute approximate surface area is 250 Å². The van der Waals surface area contributed by atoms with Crippen LogP contribution < -0.4 is 25.1 Å². The van der Waals surface area contributed by atoms with Gasteiger partial charge in [0.25, 0.3) is 5.91 Å². The smallest absolute Gasteiger partial charge is 0.266 e. The molecule has 0 saturated heterocycles. The van der Waals surface area contributed by atoms with Crippen LogP contribution in [0.5, 0.6) is 17.2 Å². The molecule has 1 aliphatic rings. The lowest BCUT2D eigenvalue weighted by Crippen LogP contribution is -2.55. The van der Waals surface area contributed by atoms with E-state index in [1.54, 1.807) is 32.4 Å². The summed E-state index contributed by atoms with van der Waals surface area (Å²) in [6.07, 6.45) is 0.118. The highest BCUT2D eigenvalue weighted by Gasteiger charge is 2.50. The van der Waals surface area contributed by atoms with Crippen molar-refractivity contribution in [1.82, 2.24) is 10.9 Å². The van der Waals surface area contributed by atoms with Crippen LogP contribution in [0.4, 0.5) is 0 Å². The maximum absolute atomic E-state index is 14.0. The highest BCUT2D eigenvalue weighted by Crippen LogP contribution is 2.34. The Hall–Kier alpha value is -4.77. The van der Waals surface area contributed by atoms with Gasteiger partial charge in [0.2, 0.25) is 5.90 Å². The molecule has 4 rings (SSSR count). The predicted molar refractivity (Wildman–Crippen MR) is 161 cm³/mol. The van der Waals surface area contributed by atoms with Crippen molar-refractivity contribution in [2.75, 3.05) is 27.4 Å². The van der Waals surface area contributed by atoms with Gasteiger partial charge in [-0.25, -0.2) is 10.4 Å². The molecule has 0 radical (unpaired) electrons. The fraction of sp³-hybridized carbons (Fsp3) is 0.355. The molecule has 0 aromatic heterocycles. The van der Waals surface area contributed by atoms with Crippen molar-refractivity contribution in [3.05, 3.63) is 99.4 Å². The van der Waals surface area contributed by atoms with Gasteiger partial charge in [0.1, 0.15) is 11.9 Å². The molecule has 12 nitrogen and oxygen atoms in total. The lowest BCUT2D eigenvalue weighted by atomic mass is 9.84. The van der Waals surface area contributed by atoms with Gasteiger partial charge in [-0.2, -0.15) is 0 Å². The van der Waals surface area contributed by atoms with Gasteiger partial charge in [-0.05, 0) is 65.5 Å². The number of hydrogen-bond donors (Lipinski definition) is 3. The van der Waals surface area contributed by atoms with Crippen LogP contribution in [0.25, 0.3) is 10.4 Å². The molecule has 1 heterocycles. The zero-order valence-electron chi connectivity index (χ0n) is 24.4. The predicted octanol–water partition coefficient (Wildman–Crippen LogP) is 4.24. The summed E-state index contributed by atoms with van der Waals surface area (Å²) < 4.78 is 22.5. The number of aliphatic hydroxyl groups excluding tert-OH is 1. The average Bonchev–Trinajstić information content (AvgIpc) is 3.37. The maximum atomic E-state index is 14.0. The lowest BCUT2D eigenvalue weighted by Gasteiger charge is -2.29. The third-order valence-corrected chi connectivity index (χ3v) is 7.15. The second kappa shape index (κ2) is 14.9. The molecule has 3 aromatic carbocycles. The number of methoxy groups -OCH3 is 2. The Morgan fingerprint density at radius 1 is 1.09 bits per heavy atom. The number of nitrogens with one attached hydrogen (secondary N) is 2. The molecule has 0 unspecified atom stereocenters. The van der Waals surface area contributed by atoms with Crippen molar-refractivity contribution in [1.29, 1.82) is 0 Å². The Morgan fingerprint density at radius 2 is 1.84 bits per heavy atom. The van der Waals surface area contributed by atoms with Gasteiger partial charge in [-0.1, -0.05) is 35.4 Å². The van der Waals surface area contributed by atoms with E-state index in [1.165, 1.54) is 0 Å². The van der Waals surface area contributed by atoms with Gasteiger partial charge in [0.15, 0.2) is 17.0 Å². The fourth-order valence-corrected chi connectivity index (χ4v) is 4.75. The number of aliphatic imine (C=N–C) groups is 1. The van der Waals surface area contributed by atoms with Crippen molar-refractivity contribution < 1.29 is 28.8 Å². The van der Waals surface area contributed by atoms with Crippen LogP contribution in [-0.2, 0) is 29.0 Å². The Morgan fingerprint density at radius 3 is 2.53 bits per heavy atom. The first-order valence-electron chi connectivity index (χ1n) is 13.9. The van der Waals surface area contributed by atoms with Crippen molar-refractivity contribution in [2.45, 2.75) is 44.5 Å². The summed E-state index contributed by atoms with van der Waals surface area (Å²) in [5.41, 5.74) is 16.6. The molecule has 43 heavy (non-hydrogen) atoms. The third kappa shape index (κ3) is 7.55. The zero-order valence-corrected chi connectivity index (χ0v) is 24.4. The van der Waals surface area contributed by atoms with E-state index in [4.69, 9.17) is 34.6 Å². The highest BCUT2D eigenvalue weighted by molar-refractivity contribution is 6.00. The van der Waals surface area contributed by atoms with Gasteiger partial charge >= 0.3 is 0 Å². The third-order valence-electron chi connectivity index (χ3n) is 7.15. The van der Waals surface area contributed by atoms with E-state index in [0.29, 0.717) is 48.3 Å². The van der Waals surface area contributed by atoms with E-state index in [-0.39, 0.29) is 25.5 Å². The summed E-state index contributed by atoms with van der Waals surface area (Å²) in [6.45, 7) is 2.73. The number of rotatable bonds is 15. The fourth-order valence-electron chi connectivity index (χ4n) is 4.75. The van der Waals surface area contributed by atoms with Crippen LogP contribution in [0, 0.1) is 0 Å². The minimum absolute atomic E-state index is 0.0555. The number of aliphatic hydroxyl groups is 1. The highest BCUT2D eigenvalue weighted by atomic mass is 16.5. The quantitative estimate of drug-likeness (QED) is 0.0787. The summed E-state index contributed by atoms with van der Waals surface area (Å²) in [5.74, 6) is 1.80. The Balaban J connectivity index is 1.60. The van der Waals surface area contributed by atoms with Crippen LogP contribution >= 0.6 is 0 Å². The van der Waals surface area contributed by atoms with Crippen LogP contribution in [-0.4, -0.2) is 56.0 Å². The number of nitrogens with zero attached hydrogens (tertiary/aromatic N) is 4. The van der Waals surface area contributed by atoms with Crippen molar-refractivity contribution in [3.8, 4) is 17.2 Å². The normalized spacial score (nSPS) is 17.3. The lowest BCUT2D eigenvalue weighted by molar-refractivity contribution is -0.129. The first-order chi connectivity index (χ1) is 20.9. The topological polar surface area (TPSA) is 159 Å². The number of carbonyl (C=O) groups is 1. The first-order valence-corrected chi connectivity index (χ1v) is 13.9. The first kappa shape index (κ1) is 31.2. The molecule has 1 amide bonds. The number of azide groups is 1. The van der Waals surface area contributed by atoms with E-state index < -0.39 is 11.6 Å². The minimum Gasteiger partial charge on any atom is -0.494 e. The summed E-state index contributed by atoms with van der Waals surface area (Å²) in [5, 5.41) is 12.7. The van der Waals surface area contributed by atoms with Gasteiger partial charge in [-0.3, -0.25) is 10.2 Å². The number of carbonyl (C=O) groups excluding carboxylic acids is 1. The Kier molecular flexibility index (Phi) is 10.8. The molecule has 226 valence electrons. The molecule has 2 atom stereocenters. The summed E-state index contributed by atoms with van der Waals surface area (Å²) in [6, 6.07) is 20.2. The summed E-state index contributed by atoms with van der Waals surface area (Å²) in [4.78, 5) is 21.8. The number of ether oxygens (including phenoxy) is 4. The molecule has 0 saturated carbocycles. The minimum atomic E-state index is -1.33. The van der Waals surface area contributed by atoms with E-state index in [1.807, 2.05) is 55.5 Å². The zero-order chi connectivity index (χ0) is 30.7. The monoisotopic (exact) mass is 588 g/mol. The Bertz CT molecular complexity index is 1470. The SMILES string of the molecule is COc1ccc(CNNC(=O)[C@@]2(Cc3ccccc3CN=[N+]=[N-])N=C(c3ccc(OCCCO)cc3)O[C@H]2C)cc1OC. The van der Waals surface area contributed by atoms with Crippen LogP contribution in [0.15, 0.2) is 76.8 Å². The summed E-state index contributed by atoms with van der Waals surface area (Å²) >= 11 is 0. The van der Waals surface area contributed by atoms with E-state index in [0.717, 1.165) is 16.7 Å². The molecule has 0 fully saturated rings. The van der Waals surface area contributed by atoms with Crippen molar-refractivity contribution in [3.63, 3.8) is 0 Å². The molecular formula is C31H36N6O6. The van der Waals surface area contributed by atoms with Gasteiger partial charge in [0, 0.05) is 36.5 Å². The van der Waals surface area contributed by atoms with Gasteiger partial charge in [-0.15, -0.1) is 0 Å². The molecular weight excluding hydrogens is 552 g/mol. The summed E-state index contributed by atoms with van der Waals surface area (Å²) in [7, 11) is 3.14. The van der Waals surface area contributed by atoms with Crippen LogP contribution in [0.1, 0.15) is 35.6 Å². The second-order valence-corrected chi connectivity index (χ2v) is 9.88. The maximum Gasteiger partial charge on any atom is 0.266 e. The molecule has 0 bridgehead atoms. The van der Waals surface area contributed by atoms with E-state index in [2.05, 4.69) is 20.9 Å². The second-order valence-electron chi connectivity index (χ2n) is 9.88. The van der Waals surface area contributed by atoms with Gasteiger partial charge < -0.3 is 24.1 Å². The van der Waals surface area contributed by atoms with Crippen LogP contribution in [0.2, 0.25) is 0 Å². The van der Waals surface area contributed by atoms with Crippen LogP contribution in [0.3, 0.4) is 0 Å². The van der Waals surface area contributed by atoms with Crippen molar-refractivity contribution in [2.24, 2.45) is 10.1 Å². The number of hydrogen-bond acceptors (Lipinski definition) is 9. The average molecular weight is 589 g/mol. The van der Waals surface area contributed by atoms with Crippen molar-refractivity contribution >= 4 is 11.8 Å². The molecule has 0 spiro atoms. The van der Waals surface area contributed by atoms with Gasteiger partial charge in [0.05, 0.1) is 27.4 Å². The number of hydrazine groups is 1. The van der Waals surface area contributed by atoms with E-state index in [9.17, 15) is 4.79 Å². The molecule has 3 N–H and O–H groups in total. The standard InChI is InChI=1S/C31H36N6O6/c1-21-31(18-24-7-4-5-8-25(24)20-34-37-32,30(39)36-33-19-22-9-14-27(40-2)28(17-22)41-3)35-29(43-21)23-10-12-26(13-11-23)42-16-6-15-38/h4-5,7-14,17,21,33,38H,6,15-16,18-20H2,1-3H3,(H,36,39)/t21-,31-/m0/s1. The molecule has 0 aliphatic carbocycles.